The molecule has 0 spiro atoms. The van der Waals surface area contributed by atoms with Crippen molar-refractivity contribution in [2.24, 2.45) is 10.9 Å². The highest BCUT2D eigenvalue weighted by molar-refractivity contribution is 14.0. The maximum atomic E-state index is 4.94. The molecule has 0 radical (unpaired) electrons. The van der Waals surface area contributed by atoms with Crippen LogP contribution < -0.4 is 10.6 Å². The fraction of sp³-hybridized carbons (Fsp3) is 0.609. The number of hydrogen-bond donors (Lipinski definition) is 2. The molecule has 2 heterocycles. The zero-order valence-electron chi connectivity index (χ0n) is 19.3. The van der Waals surface area contributed by atoms with Gasteiger partial charge in [-0.05, 0) is 30.4 Å². The Morgan fingerprint density at radius 3 is 2.65 bits per heavy atom. The summed E-state index contributed by atoms with van der Waals surface area (Å²) < 4.78 is 2.10. The number of fused-ring (bicyclic) bond motifs is 1. The van der Waals surface area contributed by atoms with Crippen LogP contribution >= 0.6 is 24.0 Å². The third-order valence-electron chi connectivity index (χ3n) is 5.84. The van der Waals surface area contributed by atoms with Crippen molar-refractivity contribution >= 4 is 29.9 Å². The molecule has 0 saturated heterocycles. The van der Waals surface area contributed by atoms with Crippen molar-refractivity contribution in [2.45, 2.75) is 59.7 Å². The van der Waals surface area contributed by atoms with E-state index in [0.29, 0.717) is 12.0 Å². The van der Waals surface area contributed by atoms with Crippen LogP contribution in [0.4, 0.5) is 0 Å². The Bertz CT molecular complexity index is 818. The summed E-state index contributed by atoms with van der Waals surface area (Å²) in [6, 6.07) is 9.26. The molecule has 7 nitrogen and oxygen atoms in total. The summed E-state index contributed by atoms with van der Waals surface area (Å²) >= 11 is 0. The fourth-order valence-corrected chi connectivity index (χ4v) is 4.11. The molecule has 0 fully saturated rings. The minimum Gasteiger partial charge on any atom is -0.357 e. The predicted molar refractivity (Wildman–Crippen MR) is 138 cm³/mol. The molecule has 8 heteroatoms. The molecule has 1 aromatic carbocycles. The van der Waals surface area contributed by atoms with Crippen LogP contribution in [-0.4, -0.2) is 57.8 Å². The summed E-state index contributed by atoms with van der Waals surface area (Å²) in [5, 5.41) is 15.0. The maximum absolute atomic E-state index is 4.94. The van der Waals surface area contributed by atoms with Crippen molar-refractivity contribution in [1.82, 2.24) is 30.3 Å². The molecular formula is C23H38IN7. The molecule has 1 aliphatic heterocycles. The van der Waals surface area contributed by atoms with E-state index in [0.717, 1.165) is 63.9 Å². The lowest BCUT2D eigenvalue weighted by molar-refractivity contribution is 0.144. The summed E-state index contributed by atoms with van der Waals surface area (Å²) in [7, 11) is 0. The molecule has 172 valence electrons. The lowest BCUT2D eigenvalue weighted by Crippen LogP contribution is -2.45. The van der Waals surface area contributed by atoms with Crippen molar-refractivity contribution in [1.29, 1.82) is 0 Å². The molecule has 0 saturated carbocycles. The highest BCUT2D eigenvalue weighted by Crippen LogP contribution is 2.23. The van der Waals surface area contributed by atoms with Crippen LogP contribution in [0.5, 0.6) is 0 Å². The van der Waals surface area contributed by atoms with Crippen molar-refractivity contribution < 1.29 is 0 Å². The monoisotopic (exact) mass is 539 g/mol. The van der Waals surface area contributed by atoms with Gasteiger partial charge in [0.05, 0.1) is 6.54 Å². The van der Waals surface area contributed by atoms with Gasteiger partial charge in [-0.2, -0.15) is 0 Å². The minimum absolute atomic E-state index is 0. The van der Waals surface area contributed by atoms with E-state index in [1.54, 1.807) is 6.33 Å². The SMILES string of the molecule is CCNC(=NCC(C(C)C)N1CCc2ccccc2C1)NCCn1cnnc1CC.I. The Morgan fingerprint density at radius 1 is 1.16 bits per heavy atom. The number of aliphatic imine (C=N–C) groups is 1. The molecule has 31 heavy (non-hydrogen) atoms. The molecular weight excluding hydrogens is 501 g/mol. The second-order valence-electron chi connectivity index (χ2n) is 8.24. The van der Waals surface area contributed by atoms with Crippen LogP contribution in [0.1, 0.15) is 44.6 Å². The van der Waals surface area contributed by atoms with E-state index < -0.39 is 0 Å². The zero-order valence-corrected chi connectivity index (χ0v) is 21.7. The van der Waals surface area contributed by atoms with E-state index in [-0.39, 0.29) is 24.0 Å². The van der Waals surface area contributed by atoms with Gasteiger partial charge in [0.15, 0.2) is 5.96 Å². The molecule has 1 unspecified atom stereocenters. The second-order valence-corrected chi connectivity index (χ2v) is 8.24. The first-order chi connectivity index (χ1) is 14.6. The molecule has 0 bridgehead atoms. The highest BCUT2D eigenvalue weighted by Gasteiger charge is 2.25. The van der Waals surface area contributed by atoms with Crippen LogP contribution in [0.25, 0.3) is 0 Å². The second kappa shape index (κ2) is 13.0. The van der Waals surface area contributed by atoms with Crippen molar-refractivity contribution in [3.8, 4) is 0 Å². The van der Waals surface area contributed by atoms with Gasteiger partial charge in [-0.3, -0.25) is 9.89 Å². The lowest BCUT2D eigenvalue weighted by Gasteiger charge is -2.37. The summed E-state index contributed by atoms with van der Waals surface area (Å²) in [6.45, 7) is 14.2. The Labute approximate surface area is 204 Å². The van der Waals surface area contributed by atoms with Gasteiger partial charge in [-0.25, -0.2) is 0 Å². The van der Waals surface area contributed by atoms with E-state index in [1.807, 2.05) is 0 Å². The minimum atomic E-state index is 0. The summed E-state index contributed by atoms with van der Waals surface area (Å²) in [4.78, 5) is 7.54. The quantitative estimate of drug-likeness (QED) is 0.291. The molecule has 0 amide bonds. The molecule has 0 aliphatic carbocycles. The van der Waals surface area contributed by atoms with Crippen LogP contribution in [0.15, 0.2) is 35.6 Å². The maximum Gasteiger partial charge on any atom is 0.191 e. The van der Waals surface area contributed by atoms with Gasteiger partial charge in [0, 0.05) is 45.2 Å². The first-order valence-electron chi connectivity index (χ1n) is 11.3. The van der Waals surface area contributed by atoms with Gasteiger partial charge >= 0.3 is 0 Å². The average molecular weight is 540 g/mol. The molecule has 1 atom stereocenters. The van der Waals surface area contributed by atoms with Gasteiger partial charge in [-0.1, -0.05) is 45.0 Å². The smallest absolute Gasteiger partial charge is 0.191 e. The number of benzene rings is 1. The summed E-state index contributed by atoms with van der Waals surface area (Å²) in [6.07, 6.45) is 3.82. The normalized spacial score (nSPS) is 15.3. The van der Waals surface area contributed by atoms with E-state index >= 15 is 0 Å². The molecule has 1 aliphatic rings. The summed E-state index contributed by atoms with van der Waals surface area (Å²) in [5.41, 5.74) is 2.96. The molecule has 2 N–H and O–H groups in total. The Balaban J connectivity index is 0.00000341. The van der Waals surface area contributed by atoms with Crippen molar-refractivity contribution in [2.75, 3.05) is 26.2 Å². The van der Waals surface area contributed by atoms with Crippen LogP contribution in [0.2, 0.25) is 0 Å². The van der Waals surface area contributed by atoms with Crippen molar-refractivity contribution in [3.05, 3.63) is 47.5 Å². The van der Waals surface area contributed by atoms with Gasteiger partial charge in [-0.15, -0.1) is 34.2 Å². The standard InChI is InChI=1S/C23H37N7.HI/c1-5-22-28-27-17-30(22)14-12-25-23(24-6-2)26-15-21(18(3)4)29-13-11-19-9-7-8-10-20(19)16-29;/h7-10,17-18,21H,5-6,11-16H2,1-4H3,(H2,24,25,26);1H. The molecule has 1 aromatic heterocycles. The van der Waals surface area contributed by atoms with Crippen LogP contribution in [0.3, 0.4) is 0 Å². The first-order valence-corrected chi connectivity index (χ1v) is 11.3. The average Bonchev–Trinajstić information content (AvgIpc) is 3.21. The lowest BCUT2D eigenvalue weighted by atomic mass is 9.95. The van der Waals surface area contributed by atoms with E-state index in [2.05, 4.69) is 82.3 Å². The van der Waals surface area contributed by atoms with E-state index in [1.165, 1.54) is 11.1 Å². The zero-order chi connectivity index (χ0) is 21.3. The Hall–Kier alpha value is -1.68. The van der Waals surface area contributed by atoms with Crippen LogP contribution in [-0.2, 0) is 25.9 Å². The van der Waals surface area contributed by atoms with E-state index in [9.17, 15) is 0 Å². The number of aromatic nitrogens is 3. The number of guanidine groups is 1. The topological polar surface area (TPSA) is 70.4 Å². The Kier molecular flexibility index (Phi) is 10.7. The van der Waals surface area contributed by atoms with Gasteiger partial charge in [0.2, 0.25) is 0 Å². The number of nitrogens with zero attached hydrogens (tertiary/aromatic N) is 5. The largest absolute Gasteiger partial charge is 0.357 e. The Morgan fingerprint density at radius 2 is 1.94 bits per heavy atom. The number of nitrogens with one attached hydrogen (secondary N) is 2. The van der Waals surface area contributed by atoms with Gasteiger partial charge in [0.1, 0.15) is 12.2 Å². The van der Waals surface area contributed by atoms with E-state index in [4.69, 9.17) is 4.99 Å². The predicted octanol–water partition coefficient (Wildman–Crippen LogP) is 3.10. The fourth-order valence-electron chi connectivity index (χ4n) is 4.11. The van der Waals surface area contributed by atoms with Gasteiger partial charge < -0.3 is 15.2 Å². The third kappa shape index (κ3) is 7.17. The summed E-state index contributed by atoms with van der Waals surface area (Å²) in [5.74, 6) is 2.45. The van der Waals surface area contributed by atoms with Crippen LogP contribution in [0, 0.1) is 5.92 Å². The number of aryl methyl sites for hydroxylation is 1. The van der Waals surface area contributed by atoms with Gasteiger partial charge in [0.25, 0.3) is 0 Å². The number of rotatable bonds is 9. The number of halogens is 1. The first kappa shape index (κ1) is 25.6. The highest BCUT2D eigenvalue weighted by atomic mass is 127. The molecule has 3 rings (SSSR count). The number of hydrogen-bond acceptors (Lipinski definition) is 4. The molecule has 2 aromatic rings. The van der Waals surface area contributed by atoms with Crippen molar-refractivity contribution in [3.63, 3.8) is 0 Å². The third-order valence-corrected chi connectivity index (χ3v) is 5.84.